The molecule has 2 heterocycles. The summed E-state index contributed by atoms with van der Waals surface area (Å²) in [5, 5.41) is 2.80. The summed E-state index contributed by atoms with van der Waals surface area (Å²) in [6.07, 6.45) is 0.745. The molecule has 31 heavy (non-hydrogen) atoms. The highest BCUT2D eigenvalue weighted by Crippen LogP contribution is 2.19. The lowest BCUT2D eigenvalue weighted by Crippen LogP contribution is -2.49. The van der Waals surface area contributed by atoms with Crippen LogP contribution in [0.2, 0.25) is 0 Å². The maximum absolute atomic E-state index is 13.0. The zero-order valence-electron chi connectivity index (χ0n) is 16.7. The third kappa shape index (κ3) is 5.16. The fraction of sp³-hybridized carbons (Fsp3) is 0.174. The van der Waals surface area contributed by atoms with Crippen molar-refractivity contribution >= 4 is 23.5 Å². The van der Waals surface area contributed by atoms with Gasteiger partial charge in [0, 0.05) is 37.4 Å². The molecule has 1 aliphatic rings. The van der Waals surface area contributed by atoms with E-state index in [1.165, 1.54) is 12.3 Å². The van der Waals surface area contributed by atoms with Crippen LogP contribution in [0.5, 0.6) is 5.75 Å². The Bertz CT molecular complexity index is 1030. The molecule has 0 atom stereocenters. The Morgan fingerprint density at radius 1 is 0.903 bits per heavy atom. The van der Waals surface area contributed by atoms with Crippen LogP contribution in [0.15, 0.2) is 72.9 Å². The van der Waals surface area contributed by atoms with E-state index in [4.69, 9.17) is 4.74 Å². The summed E-state index contributed by atoms with van der Waals surface area (Å²) in [5.41, 5.74) is 1.17. The highest BCUT2D eigenvalue weighted by molar-refractivity contribution is 6.04. The molecule has 3 aromatic rings. The van der Waals surface area contributed by atoms with Gasteiger partial charge >= 0.3 is 6.09 Å². The number of ether oxygens (including phenoxy) is 1. The number of aromatic nitrogens is 1. The van der Waals surface area contributed by atoms with Crippen LogP contribution in [0, 0.1) is 5.82 Å². The average Bonchev–Trinajstić information content (AvgIpc) is 2.81. The standard InChI is InChI=1S/C23H21FN4O3/c24-18-6-11-21(25-16-18)27-12-14-28(15-13-27)23(30)31-20-9-7-19(8-10-20)26-22(29)17-4-2-1-3-5-17/h1-11,16H,12-15H2,(H,26,29). The van der Waals surface area contributed by atoms with E-state index in [2.05, 4.69) is 10.3 Å². The molecule has 7 nitrogen and oxygen atoms in total. The maximum atomic E-state index is 13.0. The van der Waals surface area contributed by atoms with Crippen LogP contribution in [0.4, 0.5) is 20.7 Å². The van der Waals surface area contributed by atoms with E-state index in [1.54, 1.807) is 59.5 Å². The van der Waals surface area contributed by atoms with Gasteiger partial charge in [0.2, 0.25) is 0 Å². The first-order chi connectivity index (χ1) is 15.1. The third-order valence-electron chi connectivity index (χ3n) is 4.93. The van der Waals surface area contributed by atoms with Gasteiger partial charge in [-0.15, -0.1) is 0 Å². The molecule has 0 bridgehead atoms. The zero-order chi connectivity index (χ0) is 21.6. The molecule has 0 radical (unpaired) electrons. The van der Waals surface area contributed by atoms with Gasteiger partial charge in [0.05, 0.1) is 6.20 Å². The molecule has 0 saturated carbocycles. The SMILES string of the molecule is O=C(Nc1ccc(OC(=O)N2CCN(c3ccc(F)cn3)CC2)cc1)c1ccccc1. The molecule has 8 heteroatoms. The van der Waals surface area contributed by atoms with Crippen molar-refractivity contribution in [2.24, 2.45) is 0 Å². The Hall–Kier alpha value is -3.94. The van der Waals surface area contributed by atoms with E-state index in [0.29, 0.717) is 49.0 Å². The normalized spacial score (nSPS) is 13.6. The van der Waals surface area contributed by atoms with Crippen molar-refractivity contribution in [3.63, 3.8) is 0 Å². The van der Waals surface area contributed by atoms with Gasteiger partial charge in [0.1, 0.15) is 17.4 Å². The second kappa shape index (κ2) is 9.25. The second-order valence-electron chi connectivity index (χ2n) is 7.02. The quantitative estimate of drug-likeness (QED) is 0.695. The second-order valence-corrected chi connectivity index (χ2v) is 7.02. The maximum Gasteiger partial charge on any atom is 0.415 e. The van der Waals surface area contributed by atoms with Crippen LogP contribution >= 0.6 is 0 Å². The summed E-state index contributed by atoms with van der Waals surface area (Å²) in [6, 6.07) is 18.5. The Balaban J connectivity index is 1.28. The van der Waals surface area contributed by atoms with Gasteiger partial charge in [0.15, 0.2) is 0 Å². The van der Waals surface area contributed by atoms with E-state index < -0.39 is 6.09 Å². The predicted molar refractivity (Wildman–Crippen MR) is 115 cm³/mol. The van der Waals surface area contributed by atoms with Gasteiger partial charge in [-0.3, -0.25) is 4.79 Å². The topological polar surface area (TPSA) is 74.8 Å². The van der Waals surface area contributed by atoms with Gasteiger partial charge < -0.3 is 19.9 Å². The number of halogens is 1. The molecule has 158 valence electrons. The Kier molecular flexibility index (Phi) is 6.07. The van der Waals surface area contributed by atoms with Crippen molar-refractivity contribution in [1.82, 2.24) is 9.88 Å². The largest absolute Gasteiger partial charge is 0.415 e. The van der Waals surface area contributed by atoms with Crippen molar-refractivity contribution in [1.29, 1.82) is 0 Å². The number of carbonyl (C=O) groups excluding carboxylic acids is 2. The number of nitrogens with one attached hydrogen (secondary N) is 1. The lowest BCUT2D eigenvalue weighted by molar-refractivity contribution is 0.102. The van der Waals surface area contributed by atoms with Crippen LogP contribution in [0.1, 0.15) is 10.4 Å². The number of benzene rings is 2. The van der Waals surface area contributed by atoms with Crippen LogP contribution in [-0.4, -0.2) is 48.1 Å². The molecule has 0 unspecified atom stereocenters. The molecule has 1 N–H and O–H groups in total. The van der Waals surface area contributed by atoms with Crippen molar-refractivity contribution in [3.05, 3.63) is 84.3 Å². The Morgan fingerprint density at radius 2 is 1.61 bits per heavy atom. The lowest BCUT2D eigenvalue weighted by Gasteiger charge is -2.34. The number of anilines is 2. The van der Waals surface area contributed by atoms with Gasteiger partial charge in [-0.1, -0.05) is 18.2 Å². The van der Waals surface area contributed by atoms with Crippen molar-refractivity contribution in [2.45, 2.75) is 0 Å². The Labute approximate surface area is 179 Å². The summed E-state index contributed by atoms with van der Waals surface area (Å²) in [6.45, 7) is 2.11. The molecule has 1 saturated heterocycles. The predicted octanol–water partition coefficient (Wildman–Crippen LogP) is 3.79. The summed E-state index contributed by atoms with van der Waals surface area (Å²) >= 11 is 0. The fourth-order valence-corrected chi connectivity index (χ4v) is 3.24. The number of piperazine rings is 1. The molecule has 2 aromatic carbocycles. The molecule has 1 aromatic heterocycles. The number of hydrogen-bond acceptors (Lipinski definition) is 5. The number of rotatable bonds is 4. The third-order valence-corrected chi connectivity index (χ3v) is 4.93. The number of hydrogen-bond donors (Lipinski definition) is 1. The molecule has 0 aliphatic carbocycles. The van der Waals surface area contributed by atoms with Crippen LogP contribution in [0.25, 0.3) is 0 Å². The molecule has 0 spiro atoms. The first-order valence-electron chi connectivity index (χ1n) is 9.88. The first kappa shape index (κ1) is 20.3. The van der Waals surface area contributed by atoms with Gasteiger partial charge in [-0.25, -0.2) is 14.2 Å². The van der Waals surface area contributed by atoms with Crippen LogP contribution in [0.3, 0.4) is 0 Å². The molecule has 4 rings (SSSR count). The van der Waals surface area contributed by atoms with E-state index in [1.807, 2.05) is 11.0 Å². The summed E-state index contributed by atoms with van der Waals surface area (Å²) < 4.78 is 18.5. The monoisotopic (exact) mass is 420 g/mol. The van der Waals surface area contributed by atoms with Gasteiger partial charge in [-0.05, 0) is 48.5 Å². The Morgan fingerprint density at radius 3 is 2.26 bits per heavy atom. The highest BCUT2D eigenvalue weighted by Gasteiger charge is 2.23. The first-order valence-corrected chi connectivity index (χ1v) is 9.88. The number of carbonyl (C=O) groups is 2. The minimum Gasteiger partial charge on any atom is -0.410 e. The summed E-state index contributed by atoms with van der Waals surface area (Å²) in [4.78, 5) is 32.3. The molecular formula is C23H21FN4O3. The fourth-order valence-electron chi connectivity index (χ4n) is 3.24. The molecular weight excluding hydrogens is 399 g/mol. The summed E-state index contributed by atoms with van der Waals surface area (Å²) in [7, 11) is 0. The number of amides is 2. The number of nitrogens with zero attached hydrogens (tertiary/aromatic N) is 3. The van der Waals surface area contributed by atoms with E-state index in [9.17, 15) is 14.0 Å². The van der Waals surface area contributed by atoms with Crippen molar-refractivity contribution in [3.8, 4) is 5.75 Å². The summed E-state index contributed by atoms with van der Waals surface area (Å²) in [5.74, 6) is 0.489. The van der Waals surface area contributed by atoms with Crippen LogP contribution < -0.4 is 15.0 Å². The van der Waals surface area contributed by atoms with Gasteiger partial charge in [-0.2, -0.15) is 0 Å². The minimum atomic E-state index is -0.437. The zero-order valence-corrected chi connectivity index (χ0v) is 16.7. The van der Waals surface area contributed by atoms with Crippen molar-refractivity contribution in [2.75, 3.05) is 36.4 Å². The minimum absolute atomic E-state index is 0.209. The molecule has 2 amide bonds. The lowest BCUT2D eigenvalue weighted by atomic mass is 10.2. The van der Waals surface area contributed by atoms with Crippen LogP contribution in [-0.2, 0) is 0 Å². The molecule has 1 fully saturated rings. The average molecular weight is 420 g/mol. The molecule has 1 aliphatic heterocycles. The van der Waals surface area contributed by atoms with E-state index >= 15 is 0 Å². The van der Waals surface area contributed by atoms with E-state index in [0.717, 1.165) is 0 Å². The van der Waals surface area contributed by atoms with Gasteiger partial charge in [0.25, 0.3) is 5.91 Å². The van der Waals surface area contributed by atoms with Crippen molar-refractivity contribution < 1.29 is 18.7 Å². The highest BCUT2D eigenvalue weighted by atomic mass is 19.1. The number of pyridine rings is 1. The van der Waals surface area contributed by atoms with E-state index in [-0.39, 0.29) is 11.7 Å². The smallest absolute Gasteiger partial charge is 0.410 e.